The summed E-state index contributed by atoms with van der Waals surface area (Å²) >= 11 is 11.7. The van der Waals surface area contributed by atoms with Gasteiger partial charge in [0.25, 0.3) is 0 Å². The summed E-state index contributed by atoms with van der Waals surface area (Å²) in [7, 11) is 0. The number of benzene rings is 1. The van der Waals surface area contributed by atoms with Crippen molar-refractivity contribution in [3.05, 3.63) is 54.6 Å². The standard InChI is InChI=1S/C15H17BrClNS/c1-4-18-15(12-7-9(2)19-10(12)3)13-8-11(16)5-6-14(13)17/h5-8,15,18H,4H2,1-3H3. The summed E-state index contributed by atoms with van der Waals surface area (Å²) in [4.78, 5) is 2.68. The first-order valence-electron chi connectivity index (χ1n) is 6.28. The largest absolute Gasteiger partial charge is 0.306 e. The van der Waals surface area contributed by atoms with E-state index in [4.69, 9.17) is 11.6 Å². The first-order chi connectivity index (χ1) is 9.02. The fourth-order valence-corrected chi connectivity index (χ4v) is 3.83. The van der Waals surface area contributed by atoms with Crippen molar-refractivity contribution < 1.29 is 0 Å². The molecule has 0 radical (unpaired) electrons. The van der Waals surface area contributed by atoms with Crippen molar-refractivity contribution >= 4 is 38.9 Å². The van der Waals surface area contributed by atoms with Crippen LogP contribution in [0.4, 0.5) is 0 Å². The normalized spacial score (nSPS) is 12.7. The molecule has 0 bridgehead atoms. The van der Waals surface area contributed by atoms with Gasteiger partial charge in [-0.2, -0.15) is 0 Å². The van der Waals surface area contributed by atoms with E-state index in [0.717, 1.165) is 21.6 Å². The van der Waals surface area contributed by atoms with Crippen molar-refractivity contribution in [2.75, 3.05) is 6.54 Å². The third kappa shape index (κ3) is 3.40. The second-order valence-corrected chi connectivity index (χ2v) is 7.31. The van der Waals surface area contributed by atoms with Crippen molar-refractivity contribution in [2.24, 2.45) is 0 Å². The molecule has 19 heavy (non-hydrogen) atoms. The minimum absolute atomic E-state index is 0.153. The van der Waals surface area contributed by atoms with E-state index < -0.39 is 0 Å². The maximum Gasteiger partial charge on any atom is 0.0602 e. The molecule has 0 spiro atoms. The predicted molar refractivity (Wildman–Crippen MR) is 88.5 cm³/mol. The number of hydrogen-bond acceptors (Lipinski definition) is 2. The molecule has 102 valence electrons. The third-order valence-electron chi connectivity index (χ3n) is 3.07. The van der Waals surface area contributed by atoms with E-state index in [1.807, 2.05) is 23.5 Å². The van der Waals surface area contributed by atoms with Gasteiger partial charge in [0, 0.05) is 19.2 Å². The van der Waals surface area contributed by atoms with Crippen LogP contribution in [0.2, 0.25) is 5.02 Å². The molecule has 2 aromatic rings. The van der Waals surface area contributed by atoms with Crippen molar-refractivity contribution in [3.8, 4) is 0 Å². The highest BCUT2D eigenvalue weighted by molar-refractivity contribution is 9.10. The Hall–Kier alpha value is -0.350. The van der Waals surface area contributed by atoms with E-state index in [1.54, 1.807) is 0 Å². The summed E-state index contributed by atoms with van der Waals surface area (Å²) in [5.74, 6) is 0. The smallest absolute Gasteiger partial charge is 0.0602 e. The van der Waals surface area contributed by atoms with Crippen LogP contribution < -0.4 is 5.32 Å². The van der Waals surface area contributed by atoms with Gasteiger partial charge in [-0.25, -0.2) is 0 Å². The Balaban J connectivity index is 2.51. The lowest BCUT2D eigenvalue weighted by Crippen LogP contribution is -2.22. The molecule has 1 unspecified atom stereocenters. The molecule has 2 rings (SSSR count). The van der Waals surface area contributed by atoms with Crippen LogP contribution in [-0.2, 0) is 0 Å². The van der Waals surface area contributed by atoms with Crippen molar-refractivity contribution in [3.63, 3.8) is 0 Å². The van der Waals surface area contributed by atoms with E-state index in [0.29, 0.717) is 0 Å². The number of rotatable bonds is 4. The molecule has 1 heterocycles. The zero-order valence-corrected chi connectivity index (χ0v) is 14.4. The average molecular weight is 359 g/mol. The topological polar surface area (TPSA) is 12.0 Å². The van der Waals surface area contributed by atoms with Gasteiger partial charge in [0.2, 0.25) is 0 Å². The Morgan fingerprint density at radius 1 is 1.26 bits per heavy atom. The van der Waals surface area contributed by atoms with Crippen molar-refractivity contribution in [1.82, 2.24) is 5.32 Å². The molecule has 1 nitrogen and oxygen atoms in total. The van der Waals surface area contributed by atoms with Crippen molar-refractivity contribution in [1.29, 1.82) is 0 Å². The zero-order valence-electron chi connectivity index (χ0n) is 11.3. The highest BCUT2D eigenvalue weighted by Gasteiger charge is 2.19. The minimum Gasteiger partial charge on any atom is -0.306 e. The Morgan fingerprint density at radius 3 is 2.58 bits per heavy atom. The van der Waals surface area contributed by atoms with Crippen LogP contribution in [0.5, 0.6) is 0 Å². The second kappa shape index (κ2) is 6.40. The Morgan fingerprint density at radius 2 is 2.00 bits per heavy atom. The SMILES string of the molecule is CCNC(c1cc(Br)ccc1Cl)c1cc(C)sc1C. The summed E-state index contributed by atoms with van der Waals surface area (Å²) in [5, 5.41) is 4.34. The molecule has 4 heteroatoms. The highest BCUT2D eigenvalue weighted by Crippen LogP contribution is 2.35. The molecule has 1 aromatic carbocycles. The molecule has 0 fully saturated rings. The quantitative estimate of drug-likeness (QED) is 0.763. The number of thiophene rings is 1. The first kappa shape index (κ1) is 15.0. The highest BCUT2D eigenvalue weighted by atomic mass is 79.9. The third-order valence-corrected chi connectivity index (χ3v) is 4.89. The molecular weight excluding hydrogens is 342 g/mol. The lowest BCUT2D eigenvalue weighted by atomic mass is 9.99. The Kier molecular flexibility index (Phi) is 5.07. The molecule has 0 aliphatic rings. The molecule has 0 saturated carbocycles. The van der Waals surface area contributed by atoms with Gasteiger partial charge in [-0.05, 0) is 55.8 Å². The summed E-state index contributed by atoms with van der Waals surface area (Å²) in [5.41, 5.74) is 2.45. The minimum atomic E-state index is 0.153. The van der Waals surface area contributed by atoms with Crippen LogP contribution in [0.3, 0.4) is 0 Å². The van der Waals surface area contributed by atoms with Crippen LogP contribution in [0, 0.1) is 13.8 Å². The van der Waals surface area contributed by atoms with Gasteiger partial charge in [-0.3, -0.25) is 0 Å². The van der Waals surface area contributed by atoms with Gasteiger partial charge < -0.3 is 5.32 Å². The lowest BCUT2D eigenvalue weighted by Gasteiger charge is -2.20. The van der Waals surface area contributed by atoms with Gasteiger partial charge in [-0.1, -0.05) is 34.5 Å². The van der Waals surface area contributed by atoms with E-state index in [9.17, 15) is 0 Å². The van der Waals surface area contributed by atoms with E-state index in [2.05, 4.69) is 54.2 Å². The van der Waals surface area contributed by atoms with Crippen LogP contribution in [-0.4, -0.2) is 6.54 Å². The summed E-state index contributed by atoms with van der Waals surface area (Å²) in [6, 6.07) is 8.42. The fraction of sp³-hybridized carbons (Fsp3) is 0.333. The molecular formula is C15H17BrClNS. The van der Waals surface area contributed by atoms with Gasteiger partial charge >= 0.3 is 0 Å². The number of nitrogens with one attached hydrogen (secondary N) is 1. The van der Waals surface area contributed by atoms with Crippen LogP contribution in [0.1, 0.15) is 33.8 Å². The van der Waals surface area contributed by atoms with Crippen LogP contribution >= 0.6 is 38.9 Å². The van der Waals surface area contributed by atoms with Gasteiger partial charge in [0.1, 0.15) is 0 Å². The fourth-order valence-electron chi connectivity index (χ4n) is 2.26. The second-order valence-electron chi connectivity index (χ2n) is 4.53. The molecule has 1 atom stereocenters. The molecule has 0 amide bonds. The molecule has 0 aliphatic heterocycles. The maximum atomic E-state index is 6.38. The monoisotopic (exact) mass is 357 g/mol. The molecule has 0 aliphatic carbocycles. The number of aryl methyl sites for hydroxylation is 2. The van der Waals surface area contributed by atoms with Gasteiger partial charge in [0.15, 0.2) is 0 Å². The predicted octanol–water partition coefficient (Wildman–Crippen LogP) is 5.48. The van der Waals surface area contributed by atoms with E-state index in [1.165, 1.54) is 15.3 Å². The number of hydrogen-bond donors (Lipinski definition) is 1. The van der Waals surface area contributed by atoms with Crippen molar-refractivity contribution in [2.45, 2.75) is 26.8 Å². The van der Waals surface area contributed by atoms with E-state index in [-0.39, 0.29) is 6.04 Å². The van der Waals surface area contributed by atoms with Crippen LogP contribution in [0.25, 0.3) is 0 Å². The lowest BCUT2D eigenvalue weighted by molar-refractivity contribution is 0.630. The first-order valence-corrected chi connectivity index (χ1v) is 8.27. The summed E-state index contributed by atoms with van der Waals surface area (Å²) < 4.78 is 1.06. The molecule has 1 aromatic heterocycles. The maximum absolute atomic E-state index is 6.38. The summed E-state index contributed by atoms with van der Waals surface area (Å²) in [6.45, 7) is 7.34. The number of halogens is 2. The van der Waals surface area contributed by atoms with E-state index >= 15 is 0 Å². The van der Waals surface area contributed by atoms with Gasteiger partial charge in [-0.15, -0.1) is 11.3 Å². The van der Waals surface area contributed by atoms with Crippen LogP contribution in [0.15, 0.2) is 28.7 Å². The Bertz CT molecular complexity index is 580. The van der Waals surface area contributed by atoms with Gasteiger partial charge in [0.05, 0.1) is 6.04 Å². The zero-order chi connectivity index (χ0) is 14.0. The molecule has 0 saturated heterocycles. The summed E-state index contributed by atoms with van der Waals surface area (Å²) in [6.07, 6.45) is 0. The molecule has 1 N–H and O–H groups in total. The Labute approximate surface area is 132 Å². The average Bonchev–Trinajstić information content (AvgIpc) is 2.69.